The summed E-state index contributed by atoms with van der Waals surface area (Å²) in [6.45, 7) is 21.4. The molecule has 2 aromatic rings. The van der Waals surface area contributed by atoms with Crippen LogP contribution in [0.2, 0.25) is 0 Å². The maximum Gasteiger partial charge on any atom is 2.00 e. The van der Waals surface area contributed by atoms with Crippen LogP contribution in [0, 0.1) is 25.7 Å². The van der Waals surface area contributed by atoms with Crippen LogP contribution in [0.3, 0.4) is 0 Å². The summed E-state index contributed by atoms with van der Waals surface area (Å²) >= 11 is 0. The van der Waals surface area contributed by atoms with Gasteiger partial charge in [-0.05, 0) is 74.4 Å². The Morgan fingerprint density at radius 2 is 0.491 bits per heavy atom. The molecule has 0 saturated heterocycles. The Kier molecular flexibility index (Phi) is 90.9. The van der Waals surface area contributed by atoms with Gasteiger partial charge >= 0.3 is 16.5 Å². The van der Waals surface area contributed by atoms with Crippen LogP contribution in [-0.4, -0.2) is 4.70 Å². The van der Waals surface area contributed by atoms with E-state index in [2.05, 4.69) is 116 Å². The Labute approximate surface area is 728 Å². The molecule has 0 spiro atoms. The molecule has 1 aliphatic heterocycles. The minimum Gasteiger partial charge on any atom is -0.493 e. The third-order valence-electron chi connectivity index (χ3n) is 25.0. The first-order chi connectivity index (χ1) is 55.9. The number of rotatable bonds is 84. The van der Waals surface area contributed by atoms with Crippen molar-refractivity contribution in [2.45, 2.75) is 587 Å². The standard InChI is InChI=1S/C59H94N2.2C26H53.Ni/c1-5-8-11-13-15-17-19-20-21-22-23-24-25-26-27-28-29-30-31-32-34-36-38-40-46-57-52(4)58(61(60)59(57)55-49-47-53(48-50-55)42-10-7-3)56-45-41-44-54(51-56)43-39-37-35-33-18-16-14-12-9-6-2;2*1-3-5-7-9-11-13-15-17-19-21-23-25-26-24-22-20-18-16-14-12-10-8-6-4-2;/h41,44-45,47-51H,5-39,42-43H2,1-4H3;2*1,3-26H2,2H3;/q;2*-1;+2. The molecule has 0 atom stereocenters. The molecule has 114 heavy (non-hydrogen) atoms. The van der Waals surface area contributed by atoms with Crippen LogP contribution in [0.1, 0.15) is 597 Å². The van der Waals surface area contributed by atoms with Crippen molar-refractivity contribution in [3.05, 3.63) is 101 Å². The normalized spacial score (nSPS) is 12.0. The van der Waals surface area contributed by atoms with Crippen molar-refractivity contribution in [2.24, 2.45) is 0 Å². The maximum atomic E-state index is 11.9. The molecule has 664 valence electrons. The van der Waals surface area contributed by atoms with Crippen molar-refractivity contribution in [2.75, 3.05) is 0 Å². The van der Waals surface area contributed by atoms with Gasteiger partial charge in [-0.1, -0.05) is 565 Å². The van der Waals surface area contributed by atoms with Gasteiger partial charge in [0.2, 0.25) is 11.4 Å². The zero-order chi connectivity index (χ0) is 81.4. The first-order valence-corrected chi connectivity index (χ1v) is 52.1. The number of allylic oxidation sites excluding steroid dienone is 2. The second-order valence-electron chi connectivity index (χ2n) is 36.2. The van der Waals surface area contributed by atoms with E-state index in [4.69, 9.17) is 0 Å². The Bertz CT molecular complexity index is 2280. The third-order valence-corrected chi connectivity index (χ3v) is 25.0. The molecule has 0 radical (unpaired) electrons. The van der Waals surface area contributed by atoms with Gasteiger partial charge in [-0.3, -0.25) is 0 Å². The average molecular weight is 1620 g/mol. The SMILES string of the molecule is CCCCCCCCCCCCCCCCCCCCCCCCC#CC1=C(c2ccc(CCCC)cc2)[N+](=[N-])C(c2cccc(CCCCCCCCCCCC)c2)=C1C.[CH2-]CCCCCCCCCCCCCCCCCCCCCCCCC.[CH2-]CCCCCCCCCCCCCCCCCCCCCCCCC.[Ni+2]. The minimum absolute atomic E-state index is 0. The molecule has 0 amide bonds. The number of nitrogens with zero attached hydrogens (tertiary/aromatic N) is 2. The molecule has 2 aromatic carbocycles. The van der Waals surface area contributed by atoms with Crippen molar-refractivity contribution in [1.29, 1.82) is 0 Å². The summed E-state index contributed by atoms with van der Waals surface area (Å²) in [4.78, 5) is 0. The van der Waals surface area contributed by atoms with Crippen LogP contribution in [0.15, 0.2) is 59.7 Å². The van der Waals surface area contributed by atoms with Crippen molar-refractivity contribution < 1.29 is 21.2 Å². The fraction of sp³-hybridized carbons (Fsp3) is 0.820. The van der Waals surface area contributed by atoms with E-state index in [9.17, 15) is 5.53 Å². The molecule has 0 saturated carbocycles. The zero-order valence-electron chi connectivity index (χ0n) is 78.3. The molecule has 2 nitrogen and oxygen atoms in total. The topological polar surface area (TPSA) is 25.3 Å². The van der Waals surface area contributed by atoms with Crippen LogP contribution in [0.5, 0.6) is 0 Å². The Morgan fingerprint density at radius 1 is 0.254 bits per heavy atom. The molecule has 0 aliphatic carbocycles. The van der Waals surface area contributed by atoms with Gasteiger partial charge in [0, 0.05) is 23.1 Å². The first-order valence-electron chi connectivity index (χ1n) is 52.1. The molecule has 0 bridgehead atoms. The second-order valence-corrected chi connectivity index (χ2v) is 36.2. The zero-order valence-corrected chi connectivity index (χ0v) is 79.3. The molecule has 0 aromatic heterocycles. The number of hydrogen-bond donors (Lipinski definition) is 0. The molecule has 1 aliphatic rings. The summed E-state index contributed by atoms with van der Waals surface area (Å²) in [5.41, 5.74) is 20.5. The molecule has 3 heteroatoms. The Morgan fingerprint density at radius 3 is 0.754 bits per heavy atom. The van der Waals surface area contributed by atoms with Gasteiger partial charge in [-0.25, -0.2) is 4.70 Å². The molecule has 0 unspecified atom stereocenters. The van der Waals surface area contributed by atoms with Crippen molar-refractivity contribution in [3.8, 4) is 11.8 Å². The van der Waals surface area contributed by atoms with E-state index in [0.29, 0.717) is 0 Å². The van der Waals surface area contributed by atoms with Crippen LogP contribution < -0.4 is 0 Å². The quantitative estimate of drug-likeness (QED) is 0.0207. The summed E-state index contributed by atoms with van der Waals surface area (Å²) in [5.74, 6) is 7.12. The van der Waals surface area contributed by atoms with E-state index in [1.165, 1.54) is 523 Å². The van der Waals surface area contributed by atoms with Gasteiger partial charge < -0.3 is 19.4 Å². The average Bonchev–Trinajstić information content (AvgIpc) is 1.61. The van der Waals surface area contributed by atoms with Crippen molar-refractivity contribution in [1.82, 2.24) is 0 Å². The minimum atomic E-state index is 0. The molecule has 3 rings (SSSR count). The van der Waals surface area contributed by atoms with Crippen LogP contribution in [-0.2, 0) is 29.3 Å². The summed E-state index contributed by atoms with van der Waals surface area (Å²) < 4.78 is 1.44. The smallest absolute Gasteiger partial charge is 0.493 e. The van der Waals surface area contributed by atoms with Crippen molar-refractivity contribution >= 4 is 11.4 Å². The van der Waals surface area contributed by atoms with Crippen LogP contribution in [0.4, 0.5) is 0 Å². The van der Waals surface area contributed by atoms with Gasteiger partial charge in [0.1, 0.15) is 5.57 Å². The number of hydrogen-bond acceptors (Lipinski definition) is 0. The monoisotopic (exact) mass is 1620 g/mol. The fourth-order valence-corrected chi connectivity index (χ4v) is 17.2. The number of benzene rings is 2. The maximum absolute atomic E-state index is 11.9. The molecular weight excluding hydrogens is 1420 g/mol. The van der Waals surface area contributed by atoms with E-state index in [1.807, 2.05) is 0 Å². The summed E-state index contributed by atoms with van der Waals surface area (Å²) in [6, 6.07) is 17.7. The summed E-state index contributed by atoms with van der Waals surface area (Å²) in [7, 11) is 0. The van der Waals surface area contributed by atoms with Crippen molar-refractivity contribution in [3.63, 3.8) is 0 Å². The largest absolute Gasteiger partial charge is 2.00 e. The number of aryl methyl sites for hydroxylation is 2. The fourth-order valence-electron chi connectivity index (χ4n) is 17.2. The Balaban J connectivity index is 0.00000199. The summed E-state index contributed by atoms with van der Waals surface area (Å²) in [5, 5.41) is 0. The summed E-state index contributed by atoms with van der Waals surface area (Å²) in [6.07, 6.45) is 120. The van der Waals surface area contributed by atoms with Crippen LogP contribution in [0.25, 0.3) is 16.9 Å². The molecule has 0 fully saturated rings. The number of unbranched alkanes of at least 4 members (excludes halogenated alkanes) is 78. The molecule has 1 heterocycles. The van der Waals surface area contributed by atoms with Gasteiger partial charge in [-0.15, -0.1) is 0 Å². The van der Waals surface area contributed by atoms with E-state index in [0.717, 1.165) is 72.2 Å². The van der Waals surface area contributed by atoms with Crippen LogP contribution >= 0.6 is 0 Å². The van der Waals surface area contributed by atoms with E-state index < -0.39 is 0 Å². The molecular formula is C111H200N2Ni. The van der Waals surface area contributed by atoms with Gasteiger partial charge in [0.05, 0.1) is 0 Å². The van der Waals surface area contributed by atoms with E-state index in [-0.39, 0.29) is 16.5 Å². The third kappa shape index (κ3) is 72.4. The molecule has 0 N–H and O–H groups in total. The predicted octanol–water partition coefficient (Wildman–Crippen LogP) is 40.1. The predicted molar refractivity (Wildman–Crippen MR) is 513 cm³/mol. The second kappa shape index (κ2) is 92.9. The van der Waals surface area contributed by atoms with Gasteiger partial charge in [0.15, 0.2) is 0 Å². The Hall–Kier alpha value is -2.43. The van der Waals surface area contributed by atoms with Gasteiger partial charge in [-0.2, -0.15) is 12.8 Å². The van der Waals surface area contributed by atoms with Gasteiger partial charge in [0.25, 0.3) is 0 Å². The van der Waals surface area contributed by atoms with E-state index in [1.54, 1.807) is 0 Å². The van der Waals surface area contributed by atoms with E-state index >= 15 is 0 Å². The first kappa shape index (κ1) is 112.